The minimum absolute atomic E-state index is 0.0630. The van der Waals surface area contributed by atoms with Gasteiger partial charge in [-0.25, -0.2) is 4.98 Å². The van der Waals surface area contributed by atoms with Gasteiger partial charge in [0.15, 0.2) is 5.96 Å². The van der Waals surface area contributed by atoms with Crippen molar-refractivity contribution >= 4 is 28.9 Å². The number of rotatable bonds is 6. The number of aromatic nitrogens is 3. The highest BCUT2D eigenvalue weighted by Crippen LogP contribution is 2.19. The first kappa shape index (κ1) is 20.3. The average Bonchev–Trinajstić information content (AvgIpc) is 3.26. The molecule has 0 unspecified atom stereocenters. The van der Waals surface area contributed by atoms with E-state index in [4.69, 9.17) is 4.99 Å². The highest BCUT2D eigenvalue weighted by atomic mass is 32.1. The van der Waals surface area contributed by atoms with Crippen LogP contribution < -0.4 is 10.2 Å². The van der Waals surface area contributed by atoms with Crippen LogP contribution in [0.15, 0.2) is 17.4 Å². The number of amides is 1. The van der Waals surface area contributed by atoms with Crippen molar-refractivity contribution in [3.63, 3.8) is 0 Å². The fourth-order valence-electron chi connectivity index (χ4n) is 3.28. The summed E-state index contributed by atoms with van der Waals surface area (Å²) < 4.78 is 1.71. The van der Waals surface area contributed by atoms with Gasteiger partial charge in [0.2, 0.25) is 5.91 Å². The van der Waals surface area contributed by atoms with Crippen LogP contribution in [0.3, 0.4) is 0 Å². The number of nitrogens with one attached hydrogen (secondary N) is 1. The number of carbonyl (C=O) groups is 1. The number of anilines is 1. The number of carbonyl (C=O) groups excluding carboxylic acids is 1. The number of hydrogen-bond donors (Lipinski definition) is 1. The summed E-state index contributed by atoms with van der Waals surface area (Å²) in [5.41, 5.74) is 2.04. The predicted octanol–water partition coefficient (Wildman–Crippen LogP) is 1.60. The number of aryl methyl sites for hydroxylation is 3. The van der Waals surface area contributed by atoms with Crippen LogP contribution in [0.1, 0.15) is 29.4 Å². The molecule has 0 atom stereocenters. The Bertz CT molecular complexity index is 841. The number of nitrogens with zero attached hydrogens (tertiary/aromatic N) is 6. The Labute approximate surface area is 170 Å². The first-order chi connectivity index (χ1) is 13.5. The van der Waals surface area contributed by atoms with E-state index < -0.39 is 0 Å². The first-order valence-corrected chi connectivity index (χ1v) is 10.6. The van der Waals surface area contributed by atoms with Crippen molar-refractivity contribution in [1.29, 1.82) is 0 Å². The second kappa shape index (κ2) is 9.18. The van der Waals surface area contributed by atoms with Crippen LogP contribution in [0.4, 0.5) is 5.69 Å². The molecule has 28 heavy (non-hydrogen) atoms. The predicted molar refractivity (Wildman–Crippen MR) is 113 cm³/mol. The SMILES string of the molecule is CCNC(=NCCc1nc(CC)c(C)s1)N1CCN(c2cnn(C)c2)C(=O)C1. The van der Waals surface area contributed by atoms with Crippen LogP contribution in [0.25, 0.3) is 0 Å². The van der Waals surface area contributed by atoms with Crippen LogP contribution in [0, 0.1) is 6.92 Å². The molecule has 1 fully saturated rings. The van der Waals surface area contributed by atoms with Gasteiger partial charge in [0.1, 0.15) is 6.54 Å². The lowest BCUT2D eigenvalue weighted by Gasteiger charge is -2.35. The molecule has 8 nitrogen and oxygen atoms in total. The van der Waals surface area contributed by atoms with Crippen molar-refractivity contribution < 1.29 is 4.79 Å². The third-order valence-corrected chi connectivity index (χ3v) is 5.79. The van der Waals surface area contributed by atoms with Crippen LogP contribution in [-0.2, 0) is 24.7 Å². The van der Waals surface area contributed by atoms with Gasteiger partial charge in [-0.2, -0.15) is 5.10 Å². The van der Waals surface area contributed by atoms with Gasteiger partial charge in [0.25, 0.3) is 0 Å². The molecule has 0 aliphatic carbocycles. The standard InChI is InChI=1S/C19H29N7OS/c1-5-16-14(3)28-17(23-16)7-8-21-19(20-6-2)25-9-10-26(18(27)13-25)15-11-22-24(4)12-15/h11-12H,5-10,13H2,1-4H3,(H,20,21). The zero-order valence-electron chi connectivity index (χ0n) is 17.1. The van der Waals surface area contributed by atoms with Crippen molar-refractivity contribution in [3.05, 3.63) is 28.0 Å². The summed E-state index contributed by atoms with van der Waals surface area (Å²) in [6.45, 7) is 9.42. The van der Waals surface area contributed by atoms with E-state index in [9.17, 15) is 4.79 Å². The maximum absolute atomic E-state index is 12.6. The Hall–Kier alpha value is -2.42. The summed E-state index contributed by atoms with van der Waals surface area (Å²) in [7, 11) is 1.85. The third kappa shape index (κ3) is 4.70. The Balaban J connectivity index is 1.61. The molecule has 3 rings (SSSR count). The number of thiazole rings is 1. The van der Waals surface area contributed by atoms with Crippen molar-refractivity contribution in [1.82, 2.24) is 25.0 Å². The quantitative estimate of drug-likeness (QED) is 0.586. The molecule has 9 heteroatoms. The maximum atomic E-state index is 12.6. The average molecular weight is 404 g/mol. The fraction of sp³-hybridized carbons (Fsp3) is 0.579. The summed E-state index contributed by atoms with van der Waals surface area (Å²) in [6.07, 6.45) is 5.39. The van der Waals surface area contributed by atoms with E-state index in [1.807, 2.05) is 25.1 Å². The molecule has 1 saturated heterocycles. The van der Waals surface area contributed by atoms with Gasteiger partial charge in [-0.1, -0.05) is 6.92 Å². The van der Waals surface area contributed by atoms with Gasteiger partial charge in [-0.05, 0) is 20.3 Å². The van der Waals surface area contributed by atoms with Gasteiger partial charge >= 0.3 is 0 Å². The van der Waals surface area contributed by atoms with Gasteiger partial charge in [-0.3, -0.25) is 14.5 Å². The molecule has 2 aromatic heterocycles. The highest BCUT2D eigenvalue weighted by Gasteiger charge is 2.27. The normalized spacial score (nSPS) is 15.4. The Morgan fingerprint density at radius 1 is 1.36 bits per heavy atom. The van der Waals surface area contributed by atoms with Gasteiger partial charge in [0.05, 0.1) is 22.6 Å². The molecule has 1 aliphatic heterocycles. The summed E-state index contributed by atoms with van der Waals surface area (Å²) in [4.78, 5) is 27.2. The molecule has 3 heterocycles. The second-order valence-electron chi connectivity index (χ2n) is 6.79. The molecule has 1 aliphatic rings. The van der Waals surface area contributed by atoms with Crippen molar-refractivity contribution in [2.45, 2.75) is 33.6 Å². The van der Waals surface area contributed by atoms with Crippen LogP contribution in [-0.4, -0.2) is 64.3 Å². The maximum Gasteiger partial charge on any atom is 0.246 e. The molecule has 1 N–H and O–H groups in total. The van der Waals surface area contributed by atoms with E-state index in [0.717, 1.165) is 42.6 Å². The van der Waals surface area contributed by atoms with Crippen molar-refractivity contribution in [2.24, 2.45) is 12.0 Å². The van der Waals surface area contributed by atoms with E-state index in [1.165, 1.54) is 10.6 Å². The second-order valence-corrected chi connectivity index (χ2v) is 8.08. The zero-order chi connectivity index (χ0) is 20.1. The number of piperazine rings is 1. The minimum atomic E-state index is 0.0630. The molecule has 0 bridgehead atoms. The topological polar surface area (TPSA) is 78.7 Å². The summed E-state index contributed by atoms with van der Waals surface area (Å²) in [5, 5.41) is 8.61. The molecule has 2 aromatic rings. The number of aliphatic imine (C=N–C) groups is 1. The van der Waals surface area contributed by atoms with E-state index in [1.54, 1.807) is 27.1 Å². The molecule has 0 spiro atoms. The lowest BCUT2D eigenvalue weighted by atomic mass is 10.3. The lowest BCUT2D eigenvalue weighted by molar-refractivity contribution is -0.120. The smallest absolute Gasteiger partial charge is 0.246 e. The van der Waals surface area contributed by atoms with Crippen molar-refractivity contribution in [3.8, 4) is 0 Å². The first-order valence-electron chi connectivity index (χ1n) is 9.79. The Morgan fingerprint density at radius 3 is 2.79 bits per heavy atom. The van der Waals surface area contributed by atoms with Crippen LogP contribution >= 0.6 is 11.3 Å². The van der Waals surface area contributed by atoms with E-state index in [2.05, 4.69) is 29.2 Å². The fourth-order valence-corrected chi connectivity index (χ4v) is 4.29. The van der Waals surface area contributed by atoms with E-state index >= 15 is 0 Å². The molecule has 0 radical (unpaired) electrons. The molecule has 152 valence electrons. The van der Waals surface area contributed by atoms with Gasteiger partial charge in [0, 0.05) is 50.7 Å². The molecule has 0 saturated carbocycles. The lowest BCUT2D eigenvalue weighted by Crippen LogP contribution is -2.55. The zero-order valence-corrected chi connectivity index (χ0v) is 17.9. The summed E-state index contributed by atoms with van der Waals surface area (Å²) in [5.74, 6) is 0.860. The molecule has 0 aromatic carbocycles. The van der Waals surface area contributed by atoms with E-state index in [0.29, 0.717) is 19.6 Å². The molecular formula is C19H29N7OS. The monoisotopic (exact) mass is 403 g/mol. The van der Waals surface area contributed by atoms with Crippen LogP contribution in [0.5, 0.6) is 0 Å². The molecule has 1 amide bonds. The highest BCUT2D eigenvalue weighted by molar-refractivity contribution is 7.11. The minimum Gasteiger partial charge on any atom is -0.357 e. The number of guanidine groups is 1. The Morgan fingerprint density at radius 2 is 2.18 bits per heavy atom. The van der Waals surface area contributed by atoms with E-state index in [-0.39, 0.29) is 5.91 Å². The third-order valence-electron chi connectivity index (χ3n) is 4.72. The van der Waals surface area contributed by atoms with Gasteiger partial charge in [-0.15, -0.1) is 11.3 Å². The van der Waals surface area contributed by atoms with Crippen LogP contribution in [0.2, 0.25) is 0 Å². The largest absolute Gasteiger partial charge is 0.357 e. The Kier molecular flexibility index (Phi) is 6.66. The summed E-state index contributed by atoms with van der Waals surface area (Å²) in [6, 6.07) is 0. The van der Waals surface area contributed by atoms with Gasteiger partial charge < -0.3 is 15.1 Å². The molecular weight excluding hydrogens is 374 g/mol. The summed E-state index contributed by atoms with van der Waals surface area (Å²) >= 11 is 1.76. The number of hydrogen-bond acceptors (Lipinski definition) is 5. The van der Waals surface area contributed by atoms with Crippen molar-refractivity contribution in [2.75, 3.05) is 37.6 Å².